The fourth-order valence-electron chi connectivity index (χ4n) is 9.99. The van der Waals surface area contributed by atoms with E-state index in [1.54, 1.807) is 27.8 Å². The lowest BCUT2D eigenvalue weighted by Crippen LogP contribution is -2.68. The number of carbonyl (C=O) groups is 2. The van der Waals surface area contributed by atoms with Crippen LogP contribution >= 0.6 is 0 Å². The van der Waals surface area contributed by atoms with E-state index in [9.17, 15) is 19.5 Å². The molecule has 4 N–H and O–H groups in total. The summed E-state index contributed by atoms with van der Waals surface area (Å²) in [6, 6.07) is 13.4. The SMILES string of the molecule is C=CCn1c(=O)c2cnc(Nc3ccc(N4CCN(C5CC6(C5)CN(c5ncc(NC7CCC(=O)NC7=O)cc5F)C6)CC4)cc3)nc2n1-c1ccc2c(n1)[C@@](O)(CC)CC2. The topological polar surface area (TPSA) is 179 Å². The number of fused-ring (bicyclic) bond motifs is 2. The van der Waals surface area contributed by atoms with Gasteiger partial charge in [-0.2, -0.15) is 4.98 Å². The summed E-state index contributed by atoms with van der Waals surface area (Å²) in [4.78, 5) is 62.6. The zero-order valence-electron chi connectivity index (χ0n) is 34.1. The number of hydrogen-bond donors (Lipinski definition) is 4. The average molecular weight is 829 g/mol. The molecule has 0 bridgehead atoms. The molecule has 61 heavy (non-hydrogen) atoms. The third-order valence-corrected chi connectivity index (χ3v) is 13.4. The predicted molar refractivity (Wildman–Crippen MR) is 229 cm³/mol. The molecule has 4 aromatic heterocycles. The molecule has 4 fully saturated rings. The number of aromatic nitrogens is 6. The van der Waals surface area contributed by atoms with Crippen molar-refractivity contribution in [1.82, 2.24) is 39.5 Å². The van der Waals surface area contributed by atoms with E-state index in [1.165, 1.54) is 6.07 Å². The molecule has 5 aromatic rings. The van der Waals surface area contributed by atoms with Crippen LogP contribution in [0.25, 0.3) is 16.9 Å². The van der Waals surface area contributed by atoms with Crippen LogP contribution in [0.3, 0.4) is 0 Å². The molecular weight excluding hydrogens is 780 g/mol. The quantitative estimate of drug-likeness (QED) is 0.111. The molecule has 1 aromatic carbocycles. The number of nitrogens with zero attached hydrogens (tertiary/aromatic N) is 9. The highest BCUT2D eigenvalue weighted by atomic mass is 19.1. The number of halogens is 1. The summed E-state index contributed by atoms with van der Waals surface area (Å²) in [7, 11) is 0. The molecule has 3 saturated heterocycles. The minimum Gasteiger partial charge on any atom is -0.384 e. The van der Waals surface area contributed by atoms with Crippen LogP contribution in [0.4, 0.5) is 33.2 Å². The number of aliphatic hydroxyl groups is 1. The number of allylic oxidation sites excluding steroid dienone is 1. The number of anilines is 5. The Balaban J connectivity index is 0.737. The van der Waals surface area contributed by atoms with Crippen LogP contribution in [0, 0.1) is 11.2 Å². The lowest BCUT2D eigenvalue weighted by atomic mass is 9.60. The number of piperazine rings is 1. The van der Waals surface area contributed by atoms with Crippen molar-refractivity contribution in [1.29, 1.82) is 0 Å². The van der Waals surface area contributed by atoms with Crippen molar-refractivity contribution in [3.8, 4) is 5.82 Å². The number of hydrogen-bond acceptors (Lipinski definition) is 13. The lowest BCUT2D eigenvalue weighted by Gasteiger charge is -2.62. The normalized spacial score (nSPS) is 22.5. The van der Waals surface area contributed by atoms with Gasteiger partial charge in [-0.3, -0.25) is 24.6 Å². The second-order valence-corrected chi connectivity index (χ2v) is 17.3. The van der Waals surface area contributed by atoms with Crippen LogP contribution in [-0.2, 0) is 28.2 Å². The van der Waals surface area contributed by atoms with Gasteiger partial charge in [0.05, 0.1) is 24.1 Å². The Morgan fingerprint density at radius 2 is 1.75 bits per heavy atom. The maximum absolute atomic E-state index is 15.1. The van der Waals surface area contributed by atoms with Gasteiger partial charge >= 0.3 is 0 Å². The van der Waals surface area contributed by atoms with Gasteiger partial charge in [-0.05, 0) is 74.4 Å². The molecule has 1 unspecified atom stereocenters. The first kappa shape index (κ1) is 39.0. The third kappa shape index (κ3) is 6.98. The Kier molecular flexibility index (Phi) is 9.62. The van der Waals surface area contributed by atoms with Crippen molar-refractivity contribution in [3.63, 3.8) is 0 Å². The van der Waals surface area contributed by atoms with E-state index in [2.05, 4.69) is 54.4 Å². The molecule has 10 rings (SSSR count). The Bertz CT molecular complexity index is 2610. The number of rotatable bonds is 11. The predicted octanol–water partition coefficient (Wildman–Crippen LogP) is 3.99. The van der Waals surface area contributed by atoms with Crippen molar-refractivity contribution in [3.05, 3.63) is 94.9 Å². The molecule has 1 spiro atoms. The first-order chi connectivity index (χ1) is 29.5. The van der Waals surface area contributed by atoms with Crippen molar-refractivity contribution < 1.29 is 19.1 Å². The van der Waals surface area contributed by atoms with Crippen molar-refractivity contribution in [2.24, 2.45) is 5.41 Å². The van der Waals surface area contributed by atoms with Crippen LogP contribution in [0.1, 0.15) is 56.7 Å². The van der Waals surface area contributed by atoms with Gasteiger partial charge < -0.3 is 25.5 Å². The highest BCUT2D eigenvalue weighted by molar-refractivity contribution is 6.01. The van der Waals surface area contributed by atoms with Gasteiger partial charge in [-0.15, -0.1) is 6.58 Å². The number of amides is 2. The maximum Gasteiger partial charge on any atom is 0.278 e. The Hall–Kier alpha value is -6.20. The van der Waals surface area contributed by atoms with Crippen LogP contribution < -0.4 is 31.3 Å². The fraction of sp³-hybridized carbons (Fsp3) is 0.432. The molecule has 3 aliphatic heterocycles. The smallest absolute Gasteiger partial charge is 0.278 e. The molecule has 7 heterocycles. The highest BCUT2D eigenvalue weighted by Crippen LogP contribution is 2.51. The van der Waals surface area contributed by atoms with Crippen molar-refractivity contribution in [2.45, 2.75) is 76.1 Å². The largest absolute Gasteiger partial charge is 0.384 e. The van der Waals surface area contributed by atoms with E-state index in [0.29, 0.717) is 65.3 Å². The van der Waals surface area contributed by atoms with Gasteiger partial charge in [-0.25, -0.2) is 28.7 Å². The van der Waals surface area contributed by atoms with E-state index < -0.39 is 23.4 Å². The summed E-state index contributed by atoms with van der Waals surface area (Å²) in [6.07, 6.45) is 9.47. The minimum absolute atomic E-state index is 0.198. The summed E-state index contributed by atoms with van der Waals surface area (Å²) in [5.41, 5.74) is 3.40. The highest BCUT2D eigenvalue weighted by Gasteiger charge is 2.54. The molecule has 16 nitrogen and oxygen atoms in total. The Morgan fingerprint density at radius 1 is 0.967 bits per heavy atom. The molecule has 0 radical (unpaired) electrons. The molecule has 316 valence electrons. The molecule has 17 heteroatoms. The van der Waals surface area contributed by atoms with E-state index >= 15 is 4.39 Å². The summed E-state index contributed by atoms with van der Waals surface area (Å²) in [5.74, 6) is 0.0677. The molecule has 1 saturated carbocycles. The summed E-state index contributed by atoms with van der Waals surface area (Å²) in [6.45, 7) is 11.4. The van der Waals surface area contributed by atoms with Crippen LogP contribution in [-0.4, -0.2) is 102 Å². The van der Waals surface area contributed by atoms with Gasteiger partial charge in [0.15, 0.2) is 23.1 Å². The third-order valence-electron chi connectivity index (χ3n) is 13.4. The van der Waals surface area contributed by atoms with Crippen molar-refractivity contribution in [2.75, 3.05) is 59.7 Å². The molecule has 2 atom stereocenters. The van der Waals surface area contributed by atoms with Gasteiger partial charge in [0, 0.05) is 80.8 Å². The first-order valence-corrected chi connectivity index (χ1v) is 21.2. The fourth-order valence-corrected chi connectivity index (χ4v) is 9.99. The zero-order chi connectivity index (χ0) is 42.0. The number of aryl methyl sites for hydroxylation is 1. The van der Waals surface area contributed by atoms with Gasteiger partial charge in [0.1, 0.15) is 17.0 Å². The van der Waals surface area contributed by atoms with Gasteiger partial charge in [0.25, 0.3) is 5.56 Å². The average Bonchev–Trinajstić information content (AvgIpc) is 3.71. The summed E-state index contributed by atoms with van der Waals surface area (Å²) >= 11 is 0. The molecular formula is C44H49FN12O4. The van der Waals surface area contributed by atoms with E-state index in [1.807, 2.05) is 36.1 Å². The monoisotopic (exact) mass is 828 g/mol. The van der Waals surface area contributed by atoms with Gasteiger partial charge in [-0.1, -0.05) is 19.1 Å². The molecule has 2 amide bonds. The number of benzene rings is 1. The van der Waals surface area contributed by atoms with Crippen molar-refractivity contribution >= 4 is 51.7 Å². The van der Waals surface area contributed by atoms with E-state index in [-0.39, 0.29) is 29.8 Å². The standard InChI is InChI=1S/C44H49FN12O4/c1-3-15-56-41(60)32-24-47-42(52-38(32)57(56)35-11-5-27-13-14-44(61,4-2)37(27)50-35)49-28-6-8-30(9-7-28)53-16-18-54(19-17-53)31-21-43(22-31)25-55(26-43)39-33(45)20-29(23-46-39)48-34-10-12-36(58)51-40(34)59/h3,5-9,11,20,23-24,31,34,48,61H,1,4,10,12-19,21-22,25-26H2,2H3,(H,47,49,52)(H,51,58,59)/t34?,44-/m1/s1. The Labute approximate surface area is 351 Å². The zero-order valence-corrected chi connectivity index (χ0v) is 34.1. The number of carbonyl (C=O) groups excluding carboxylic acids is 2. The second kappa shape index (κ2) is 15.1. The maximum atomic E-state index is 15.1. The number of imide groups is 1. The molecule has 2 aliphatic carbocycles. The van der Waals surface area contributed by atoms with Crippen LogP contribution in [0.15, 0.2) is 72.3 Å². The van der Waals surface area contributed by atoms with E-state index in [0.717, 1.165) is 75.5 Å². The second-order valence-electron chi connectivity index (χ2n) is 17.3. The van der Waals surface area contributed by atoms with Crippen LogP contribution in [0.2, 0.25) is 0 Å². The minimum atomic E-state index is -1.000. The first-order valence-electron chi connectivity index (χ1n) is 21.2. The number of pyridine rings is 2. The summed E-state index contributed by atoms with van der Waals surface area (Å²) in [5, 5.41) is 20.3. The molecule has 5 aliphatic rings. The number of nitrogens with one attached hydrogen (secondary N) is 3. The van der Waals surface area contributed by atoms with Gasteiger partial charge in [0.2, 0.25) is 17.8 Å². The Morgan fingerprint density at radius 3 is 2.48 bits per heavy atom. The van der Waals surface area contributed by atoms with Crippen LogP contribution in [0.5, 0.6) is 0 Å². The lowest BCUT2D eigenvalue weighted by molar-refractivity contribution is -0.133. The number of piperidine rings is 1. The van der Waals surface area contributed by atoms with E-state index in [4.69, 9.17) is 9.97 Å². The summed E-state index contributed by atoms with van der Waals surface area (Å²) < 4.78 is 18.4.